The molecule has 0 aliphatic heterocycles. The first kappa shape index (κ1) is 37.2. The van der Waals surface area contributed by atoms with Crippen molar-refractivity contribution >= 4 is 50.7 Å². The van der Waals surface area contributed by atoms with E-state index in [1.807, 2.05) is 43.3 Å². The van der Waals surface area contributed by atoms with E-state index >= 15 is 4.39 Å². The number of fused-ring (bicyclic) bond motifs is 2. The topological polar surface area (TPSA) is 172 Å². The summed E-state index contributed by atoms with van der Waals surface area (Å²) in [5, 5.41) is 7.96. The number of pyridine rings is 2. The number of hydrogen-bond donors (Lipinski definition) is 3. The molecule has 4 heterocycles. The highest BCUT2D eigenvalue weighted by Crippen LogP contribution is 2.35. The molecule has 0 aliphatic rings. The fraction of sp³-hybridized carbons (Fsp3) is 0.114. The van der Waals surface area contributed by atoms with Crippen molar-refractivity contribution in [2.45, 2.75) is 20.2 Å². The Kier molecular flexibility index (Phi) is 10.1. The van der Waals surface area contributed by atoms with Crippen LogP contribution in [0.15, 0.2) is 116 Å². The number of methoxy groups -OCH3 is 2. The number of aromatic nitrogens is 6. The van der Waals surface area contributed by atoms with Crippen LogP contribution in [0.1, 0.15) is 33.7 Å². The van der Waals surface area contributed by atoms with Crippen LogP contribution >= 0.6 is 0 Å². The lowest BCUT2D eigenvalue weighted by molar-refractivity contribution is 0.0663. The minimum Gasteiger partial charge on any atom is -0.497 e. The summed E-state index contributed by atoms with van der Waals surface area (Å²) in [6.45, 7) is 3.61. The number of hydrogen-bond acceptors (Lipinski definition) is 12. The van der Waals surface area contributed by atoms with Gasteiger partial charge >= 0.3 is 0 Å². The highest BCUT2D eigenvalue weighted by Gasteiger charge is 2.20. The van der Waals surface area contributed by atoms with Gasteiger partial charge in [0.15, 0.2) is 11.6 Å². The number of benzene rings is 4. The number of carbonyl (C=O) groups is 1. The van der Waals surface area contributed by atoms with Gasteiger partial charge in [0, 0.05) is 63.0 Å². The number of primary amides is 1. The van der Waals surface area contributed by atoms with Gasteiger partial charge < -0.3 is 30.6 Å². The Labute approximate surface area is 332 Å². The van der Waals surface area contributed by atoms with Crippen LogP contribution < -0.4 is 30.6 Å². The number of halogens is 1. The van der Waals surface area contributed by atoms with Crippen molar-refractivity contribution in [3.8, 4) is 40.0 Å². The predicted octanol–water partition coefficient (Wildman–Crippen LogP) is 8.96. The number of rotatable bonds is 12. The van der Waals surface area contributed by atoms with E-state index in [0.29, 0.717) is 68.0 Å². The van der Waals surface area contributed by atoms with Gasteiger partial charge in [0.1, 0.15) is 28.9 Å². The molecule has 4 aromatic heterocycles. The van der Waals surface area contributed by atoms with E-state index in [1.54, 1.807) is 100 Å². The highest BCUT2D eigenvalue weighted by molar-refractivity contribution is 6.01. The second kappa shape index (κ2) is 15.8. The zero-order chi connectivity index (χ0) is 40.3. The third-order valence-corrected chi connectivity index (χ3v) is 9.39. The molecular formula is C44H36FN9O4. The van der Waals surface area contributed by atoms with Crippen LogP contribution in [0.4, 0.5) is 27.4 Å². The van der Waals surface area contributed by atoms with Gasteiger partial charge in [-0.3, -0.25) is 14.8 Å². The molecule has 0 saturated carbocycles. The monoisotopic (exact) mass is 773 g/mol. The minimum absolute atomic E-state index is 0.188. The van der Waals surface area contributed by atoms with Gasteiger partial charge in [-0.15, -0.1) is 0 Å². The minimum atomic E-state index is -1.91. The summed E-state index contributed by atoms with van der Waals surface area (Å²) in [5.74, 6) is 2.53. The number of ether oxygens (including phenoxy) is 3. The van der Waals surface area contributed by atoms with Gasteiger partial charge in [0.25, 0.3) is 12.3 Å². The Morgan fingerprint density at radius 2 is 1.33 bits per heavy atom. The Bertz CT molecular complexity index is 2840. The van der Waals surface area contributed by atoms with Crippen LogP contribution in [0.5, 0.6) is 17.2 Å². The Morgan fingerprint density at radius 1 is 0.672 bits per heavy atom. The van der Waals surface area contributed by atoms with E-state index in [1.165, 1.54) is 0 Å². The fourth-order valence-corrected chi connectivity index (χ4v) is 6.32. The number of anilines is 4. The molecule has 0 aliphatic carbocycles. The average molecular weight is 774 g/mol. The van der Waals surface area contributed by atoms with Gasteiger partial charge in [-0.1, -0.05) is 18.2 Å². The number of amides is 1. The van der Waals surface area contributed by atoms with Gasteiger partial charge in [-0.05, 0) is 92.7 Å². The van der Waals surface area contributed by atoms with Crippen molar-refractivity contribution in [3.05, 3.63) is 138 Å². The number of carbonyl (C=O) groups excluding carboxylic acids is 1. The molecule has 4 N–H and O–H groups in total. The fourth-order valence-electron chi connectivity index (χ4n) is 6.32. The van der Waals surface area contributed by atoms with E-state index in [2.05, 4.69) is 20.6 Å². The molecule has 288 valence electrons. The summed E-state index contributed by atoms with van der Waals surface area (Å²) in [4.78, 5) is 40.3. The number of para-hydroxylation sites is 1. The smallest absolute Gasteiger partial charge is 0.266 e. The van der Waals surface area contributed by atoms with Crippen LogP contribution in [-0.4, -0.2) is 50.0 Å². The number of alkyl halides is 1. The van der Waals surface area contributed by atoms with E-state index in [4.69, 9.17) is 39.9 Å². The molecule has 58 heavy (non-hydrogen) atoms. The van der Waals surface area contributed by atoms with Gasteiger partial charge in [-0.25, -0.2) is 19.9 Å². The summed E-state index contributed by atoms with van der Waals surface area (Å²) in [5.41, 5.74) is 10.9. The number of nitrogens with one attached hydrogen (secondary N) is 2. The van der Waals surface area contributed by atoms with E-state index in [0.717, 1.165) is 16.6 Å². The predicted molar refractivity (Wildman–Crippen MR) is 221 cm³/mol. The molecule has 14 heteroatoms. The quantitative estimate of drug-likeness (QED) is 0.108. The molecule has 8 aromatic rings. The van der Waals surface area contributed by atoms with Crippen molar-refractivity contribution in [2.75, 3.05) is 24.9 Å². The van der Waals surface area contributed by atoms with E-state index in [-0.39, 0.29) is 22.7 Å². The summed E-state index contributed by atoms with van der Waals surface area (Å²) in [6, 6.07) is 30.1. The third-order valence-electron chi connectivity index (χ3n) is 9.39. The van der Waals surface area contributed by atoms with Crippen LogP contribution in [-0.2, 0) is 0 Å². The zero-order valence-electron chi connectivity index (χ0n) is 31.8. The highest BCUT2D eigenvalue weighted by atomic mass is 19.1. The summed E-state index contributed by atoms with van der Waals surface area (Å²) in [7, 11) is 3.16. The summed E-state index contributed by atoms with van der Waals surface area (Å²) < 4.78 is 33.1. The van der Waals surface area contributed by atoms with Crippen LogP contribution in [0.3, 0.4) is 0 Å². The Hall–Kier alpha value is -7.74. The lowest BCUT2D eigenvalue weighted by Gasteiger charge is -2.17. The maximum Gasteiger partial charge on any atom is 0.266 e. The van der Waals surface area contributed by atoms with Crippen molar-refractivity contribution in [3.63, 3.8) is 0 Å². The summed E-state index contributed by atoms with van der Waals surface area (Å²) in [6.07, 6.45) is 1.40. The molecule has 0 spiro atoms. The first-order valence-electron chi connectivity index (χ1n) is 18.1. The third kappa shape index (κ3) is 7.71. The van der Waals surface area contributed by atoms with Gasteiger partial charge in [0.2, 0.25) is 0 Å². The lowest BCUT2D eigenvalue weighted by atomic mass is 10.1. The largest absolute Gasteiger partial charge is 0.497 e. The van der Waals surface area contributed by atoms with E-state index in [9.17, 15) is 4.79 Å². The maximum absolute atomic E-state index is 16.3. The summed E-state index contributed by atoms with van der Waals surface area (Å²) >= 11 is 0. The van der Waals surface area contributed by atoms with Crippen molar-refractivity contribution in [1.82, 2.24) is 29.9 Å². The normalized spacial score (nSPS) is 11.6. The van der Waals surface area contributed by atoms with Gasteiger partial charge in [-0.2, -0.15) is 4.39 Å². The van der Waals surface area contributed by atoms with Crippen LogP contribution in [0.2, 0.25) is 0 Å². The number of nitrogens with zero attached hydrogens (tertiary/aromatic N) is 6. The SMILES string of the molecule is COc1ccc2nc(-c3ccc(C)nc3)nc(Nc3cccc(OC(F)c4cc(-c5nc(Nc6ccccc6C(N)=O)c6cc(OC)ccc6n5)cnc4C)c3)c2c1. The molecule has 1 unspecified atom stereocenters. The van der Waals surface area contributed by atoms with E-state index < -0.39 is 12.3 Å². The molecule has 8 rings (SSSR count). The Morgan fingerprint density at radius 3 is 1.98 bits per heavy atom. The molecule has 1 amide bonds. The average Bonchev–Trinajstić information content (AvgIpc) is 3.24. The van der Waals surface area contributed by atoms with Crippen molar-refractivity contribution in [1.29, 1.82) is 0 Å². The molecule has 4 aromatic carbocycles. The lowest BCUT2D eigenvalue weighted by Crippen LogP contribution is -2.13. The zero-order valence-corrected chi connectivity index (χ0v) is 31.8. The molecule has 0 bridgehead atoms. The van der Waals surface area contributed by atoms with Crippen molar-refractivity contribution < 1.29 is 23.4 Å². The second-order valence-electron chi connectivity index (χ2n) is 13.3. The number of aryl methyl sites for hydroxylation is 2. The molecule has 0 saturated heterocycles. The molecule has 1 atom stereocenters. The number of nitrogens with two attached hydrogens (primary N) is 1. The molecule has 0 fully saturated rings. The Balaban J connectivity index is 1.10. The van der Waals surface area contributed by atoms with Crippen LogP contribution in [0.25, 0.3) is 44.6 Å². The molecule has 13 nitrogen and oxygen atoms in total. The second-order valence-corrected chi connectivity index (χ2v) is 13.3. The van der Waals surface area contributed by atoms with Crippen LogP contribution in [0, 0.1) is 13.8 Å². The standard InChI is InChI=1S/C44H36FN9O4/c1-24-12-13-26(22-47-24)41-50-37-16-14-29(56-3)20-34(37)43(53-41)49-28-8-7-9-31(19-28)58-39(45)33-18-27(23-48-25(33)2)42-51-38-17-15-30(57-4)21-35(38)44(54-42)52-36-11-6-5-10-32(36)40(46)55/h5-23,39H,1-4H3,(H2,46,55)(H,49,50,53)(H,51,52,54). The molecular weight excluding hydrogens is 738 g/mol. The van der Waals surface area contributed by atoms with Crippen molar-refractivity contribution in [2.24, 2.45) is 5.73 Å². The first-order valence-corrected chi connectivity index (χ1v) is 18.1. The molecule has 0 radical (unpaired) electrons. The first-order chi connectivity index (χ1) is 28.1. The van der Waals surface area contributed by atoms with Gasteiger partial charge in [0.05, 0.1) is 36.5 Å². The maximum atomic E-state index is 16.3.